The SMILES string of the molecule is CCCn1c(SC2CCC(C#N)(NCC)C2)n[nH]c1=O. The van der Waals surface area contributed by atoms with Gasteiger partial charge in [-0.05, 0) is 32.2 Å². The zero-order chi connectivity index (χ0) is 14.6. The van der Waals surface area contributed by atoms with Crippen molar-refractivity contribution in [3.8, 4) is 6.07 Å². The van der Waals surface area contributed by atoms with Crippen molar-refractivity contribution in [3.63, 3.8) is 0 Å². The summed E-state index contributed by atoms with van der Waals surface area (Å²) in [6.07, 6.45) is 3.53. The van der Waals surface area contributed by atoms with Crippen LogP contribution in [-0.4, -0.2) is 32.1 Å². The van der Waals surface area contributed by atoms with Crippen LogP contribution >= 0.6 is 11.8 Å². The van der Waals surface area contributed by atoms with Gasteiger partial charge in [0.05, 0.1) is 6.07 Å². The molecule has 0 aliphatic heterocycles. The number of nitrogens with one attached hydrogen (secondary N) is 2. The second kappa shape index (κ2) is 6.46. The van der Waals surface area contributed by atoms with E-state index >= 15 is 0 Å². The van der Waals surface area contributed by atoms with Crippen molar-refractivity contribution in [1.82, 2.24) is 20.1 Å². The number of nitrogens with zero attached hydrogens (tertiary/aromatic N) is 3. The second-order valence-electron chi connectivity index (χ2n) is 5.17. The lowest BCUT2D eigenvalue weighted by Crippen LogP contribution is -2.41. The number of aromatic nitrogens is 3. The molecule has 1 aromatic heterocycles. The maximum atomic E-state index is 11.7. The molecule has 0 radical (unpaired) electrons. The molecule has 0 spiro atoms. The number of hydrogen-bond donors (Lipinski definition) is 2. The van der Waals surface area contributed by atoms with Crippen molar-refractivity contribution in [2.24, 2.45) is 0 Å². The van der Waals surface area contributed by atoms with E-state index in [-0.39, 0.29) is 5.69 Å². The fraction of sp³-hybridized carbons (Fsp3) is 0.769. The Morgan fingerprint density at radius 3 is 3.10 bits per heavy atom. The lowest BCUT2D eigenvalue weighted by atomic mass is 10.0. The largest absolute Gasteiger partial charge is 0.343 e. The average Bonchev–Trinajstić information content (AvgIpc) is 2.99. The molecule has 1 fully saturated rings. The van der Waals surface area contributed by atoms with Crippen molar-refractivity contribution in [2.45, 2.75) is 62.0 Å². The molecule has 1 aliphatic rings. The van der Waals surface area contributed by atoms with E-state index in [2.05, 4.69) is 21.6 Å². The molecule has 20 heavy (non-hydrogen) atoms. The third-order valence-electron chi connectivity index (χ3n) is 3.64. The Kier molecular flexibility index (Phi) is 4.89. The Morgan fingerprint density at radius 2 is 2.45 bits per heavy atom. The van der Waals surface area contributed by atoms with Gasteiger partial charge in [0, 0.05) is 11.8 Å². The Morgan fingerprint density at radius 1 is 1.65 bits per heavy atom. The van der Waals surface area contributed by atoms with Crippen molar-refractivity contribution in [1.29, 1.82) is 5.26 Å². The van der Waals surface area contributed by atoms with Crippen LogP contribution in [0.4, 0.5) is 0 Å². The van der Waals surface area contributed by atoms with E-state index in [1.165, 1.54) is 0 Å². The summed E-state index contributed by atoms with van der Waals surface area (Å²) in [4.78, 5) is 11.7. The molecule has 0 amide bonds. The van der Waals surface area contributed by atoms with Crippen molar-refractivity contribution >= 4 is 11.8 Å². The first-order valence-electron chi connectivity index (χ1n) is 7.12. The van der Waals surface area contributed by atoms with E-state index < -0.39 is 5.54 Å². The van der Waals surface area contributed by atoms with Crippen molar-refractivity contribution < 1.29 is 0 Å². The van der Waals surface area contributed by atoms with Crippen LogP contribution in [0.5, 0.6) is 0 Å². The smallest absolute Gasteiger partial charge is 0.300 e. The summed E-state index contributed by atoms with van der Waals surface area (Å²) in [7, 11) is 0. The highest BCUT2D eigenvalue weighted by Crippen LogP contribution is 2.39. The van der Waals surface area contributed by atoms with Crippen LogP contribution in [0, 0.1) is 11.3 Å². The van der Waals surface area contributed by atoms with Crippen LogP contribution < -0.4 is 11.0 Å². The van der Waals surface area contributed by atoms with Crippen LogP contribution in [0.3, 0.4) is 0 Å². The van der Waals surface area contributed by atoms with Gasteiger partial charge < -0.3 is 0 Å². The van der Waals surface area contributed by atoms with E-state index in [9.17, 15) is 10.1 Å². The summed E-state index contributed by atoms with van der Waals surface area (Å²) >= 11 is 1.61. The minimum Gasteiger partial charge on any atom is -0.300 e. The zero-order valence-corrected chi connectivity index (χ0v) is 12.8. The van der Waals surface area contributed by atoms with Gasteiger partial charge in [0.25, 0.3) is 0 Å². The summed E-state index contributed by atoms with van der Waals surface area (Å²) in [5.41, 5.74) is -0.552. The van der Waals surface area contributed by atoms with E-state index in [1.54, 1.807) is 16.3 Å². The minimum absolute atomic E-state index is 0.148. The molecule has 0 aromatic carbocycles. The van der Waals surface area contributed by atoms with Gasteiger partial charge in [-0.3, -0.25) is 9.88 Å². The molecule has 1 saturated carbocycles. The molecule has 2 atom stereocenters. The predicted octanol–water partition coefficient (Wildman–Crippen LogP) is 1.50. The van der Waals surface area contributed by atoms with Crippen LogP contribution in [0.25, 0.3) is 0 Å². The summed E-state index contributed by atoms with van der Waals surface area (Å²) in [5, 5.41) is 20.4. The summed E-state index contributed by atoms with van der Waals surface area (Å²) in [5.74, 6) is 0. The average molecular weight is 295 g/mol. The molecule has 1 aliphatic carbocycles. The standard InChI is InChI=1S/C13H21N5OS/c1-3-7-18-11(19)16-17-12(18)20-10-5-6-13(8-10,9-14)15-4-2/h10,15H,3-8H2,1-2H3,(H,16,19). The Balaban J connectivity index is 2.06. The second-order valence-corrected chi connectivity index (χ2v) is 6.44. The van der Waals surface area contributed by atoms with Gasteiger partial charge in [-0.25, -0.2) is 9.89 Å². The lowest BCUT2D eigenvalue weighted by molar-refractivity contribution is 0.436. The maximum Gasteiger partial charge on any atom is 0.343 e. The van der Waals surface area contributed by atoms with Crippen molar-refractivity contribution in [3.05, 3.63) is 10.5 Å². The molecule has 2 unspecified atom stereocenters. The molecule has 0 bridgehead atoms. The number of nitriles is 1. The minimum atomic E-state index is -0.404. The van der Waals surface area contributed by atoms with E-state index in [1.807, 2.05) is 13.8 Å². The van der Waals surface area contributed by atoms with E-state index in [0.717, 1.165) is 37.4 Å². The van der Waals surface area contributed by atoms with Crippen LogP contribution in [-0.2, 0) is 6.54 Å². The number of H-pyrrole nitrogens is 1. The number of rotatable bonds is 6. The maximum absolute atomic E-state index is 11.7. The first-order chi connectivity index (χ1) is 9.64. The van der Waals surface area contributed by atoms with E-state index in [4.69, 9.17) is 0 Å². The third kappa shape index (κ3) is 3.07. The third-order valence-corrected chi connectivity index (χ3v) is 4.90. The molecular weight excluding hydrogens is 274 g/mol. The van der Waals surface area contributed by atoms with Gasteiger partial charge in [0.15, 0.2) is 5.16 Å². The van der Waals surface area contributed by atoms with Crippen LogP contribution in [0.15, 0.2) is 9.95 Å². The first kappa shape index (κ1) is 15.1. The Labute approximate surface area is 122 Å². The highest BCUT2D eigenvalue weighted by atomic mass is 32.2. The quantitative estimate of drug-likeness (QED) is 0.830. The van der Waals surface area contributed by atoms with Crippen molar-refractivity contribution in [2.75, 3.05) is 6.54 Å². The lowest BCUT2D eigenvalue weighted by Gasteiger charge is -2.21. The zero-order valence-electron chi connectivity index (χ0n) is 12.0. The molecule has 2 rings (SSSR count). The molecular formula is C13H21N5OS. The molecule has 1 aromatic rings. The van der Waals surface area contributed by atoms with E-state index in [0.29, 0.717) is 11.8 Å². The summed E-state index contributed by atoms with van der Waals surface area (Å²) in [6.45, 7) is 5.54. The Hall–Kier alpha value is -1.26. The van der Waals surface area contributed by atoms with Gasteiger partial charge in [-0.1, -0.05) is 25.6 Å². The number of hydrogen-bond acceptors (Lipinski definition) is 5. The monoisotopic (exact) mass is 295 g/mol. The van der Waals surface area contributed by atoms with Gasteiger partial charge >= 0.3 is 5.69 Å². The highest BCUT2D eigenvalue weighted by Gasteiger charge is 2.39. The van der Waals surface area contributed by atoms with Crippen LogP contribution in [0.1, 0.15) is 39.5 Å². The fourth-order valence-corrected chi connectivity index (χ4v) is 4.01. The normalized spacial score (nSPS) is 25.8. The summed E-state index contributed by atoms with van der Waals surface area (Å²) in [6, 6.07) is 2.42. The topological polar surface area (TPSA) is 86.5 Å². The summed E-state index contributed by atoms with van der Waals surface area (Å²) < 4.78 is 1.68. The molecule has 2 N–H and O–H groups in total. The molecule has 6 nitrogen and oxygen atoms in total. The molecule has 0 saturated heterocycles. The highest BCUT2D eigenvalue weighted by molar-refractivity contribution is 7.99. The molecule has 110 valence electrons. The van der Waals surface area contributed by atoms with Gasteiger partial charge in [0.2, 0.25) is 0 Å². The Bertz CT molecular complexity index is 546. The number of aromatic amines is 1. The first-order valence-corrected chi connectivity index (χ1v) is 8.00. The van der Waals surface area contributed by atoms with Gasteiger partial charge in [0.1, 0.15) is 5.54 Å². The molecule has 7 heteroatoms. The fourth-order valence-electron chi connectivity index (χ4n) is 2.70. The number of thioether (sulfide) groups is 1. The van der Waals surface area contributed by atoms with Crippen LogP contribution in [0.2, 0.25) is 0 Å². The molecule has 1 heterocycles. The van der Waals surface area contributed by atoms with Gasteiger partial charge in [-0.2, -0.15) is 5.26 Å². The van der Waals surface area contributed by atoms with Gasteiger partial charge in [-0.15, -0.1) is 5.10 Å². The predicted molar refractivity (Wildman–Crippen MR) is 78.7 cm³/mol.